The third-order valence-electron chi connectivity index (χ3n) is 3.24. The summed E-state index contributed by atoms with van der Waals surface area (Å²) in [6, 6.07) is 5.70. The van der Waals surface area contributed by atoms with Gasteiger partial charge in [0.25, 0.3) is 0 Å². The predicted molar refractivity (Wildman–Crippen MR) is 92.8 cm³/mol. The Morgan fingerprint density at radius 3 is 2.72 bits per heavy atom. The van der Waals surface area contributed by atoms with Crippen molar-refractivity contribution >= 4 is 32.8 Å². The number of nitrogens with zero attached hydrogens (tertiary/aromatic N) is 3. The fourth-order valence-corrected chi connectivity index (χ4v) is 5.13. The number of pyridine rings is 2. The van der Waals surface area contributed by atoms with Crippen LogP contribution >= 0.6 is 22.9 Å². The van der Waals surface area contributed by atoms with Crippen LogP contribution in [0.1, 0.15) is 5.01 Å². The number of sulfone groups is 1. The highest BCUT2D eigenvalue weighted by molar-refractivity contribution is 7.93. The molecule has 0 aromatic carbocycles. The summed E-state index contributed by atoms with van der Waals surface area (Å²) < 4.78 is 40.0. The van der Waals surface area contributed by atoms with Crippen LogP contribution in [0.5, 0.6) is 0 Å². The van der Waals surface area contributed by atoms with E-state index in [1.165, 1.54) is 36.7 Å². The minimum atomic E-state index is -3.94. The molecule has 0 aliphatic rings. The maximum Gasteiger partial charge on any atom is 0.222 e. The molecule has 6 nitrogen and oxygen atoms in total. The lowest BCUT2D eigenvalue weighted by atomic mass is 10.2. The first-order valence-corrected chi connectivity index (χ1v) is 9.73. The second-order valence-electron chi connectivity index (χ2n) is 4.94. The summed E-state index contributed by atoms with van der Waals surface area (Å²) in [5.41, 5.74) is 0.0670. The van der Waals surface area contributed by atoms with Gasteiger partial charge in [0.05, 0.1) is 10.5 Å². The lowest BCUT2D eigenvalue weighted by Gasteiger charge is -2.05. The van der Waals surface area contributed by atoms with Crippen molar-refractivity contribution in [2.75, 3.05) is 7.05 Å². The van der Waals surface area contributed by atoms with Crippen LogP contribution in [0.2, 0.25) is 5.15 Å². The van der Waals surface area contributed by atoms with E-state index in [2.05, 4.69) is 20.3 Å². The standard InChI is InChI=1S/C15H12ClFN4O2S2/c1-18-8-12-21-13(10-3-2-6-19-14(10)17)15(24-12)25(22,23)9-4-5-11(16)20-7-9/h2-7,18H,8H2,1H3. The van der Waals surface area contributed by atoms with Gasteiger partial charge >= 0.3 is 0 Å². The zero-order chi connectivity index (χ0) is 18.0. The molecule has 0 saturated carbocycles. The van der Waals surface area contributed by atoms with Gasteiger partial charge in [-0.3, -0.25) is 0 Å². The van der Waals surface area contributed by atoms with E-state index >= 15 is 0 Å². The summed E-state index contributed by atoms with van der Waals surface area (Å²) >= 11 is 6.70. The molecule has 0 aliphatic heterocycles. The molecule has 10 heteroatoms. The van der Waals surface area contributed by atoms with Gasteiger partial charge in [-0.15, -0.1) is 11.3 Å². The van der Waals surface area contributed by atoms with Gasteiger partial charge in [0.2, 0.25) is 15.8 Å². The Labute approximate surface area is 152 Å². The van der Waals surface area contributed by atoms with Crippen LogP contribution in [0.15, 0.2) is 45.8 Å². The van der Waals surface area contributed by atoms with Crippen molar-refractivity contribution in [2.45, 2.75) is 15.6 Å². The Hall–Kier alpha value is -1.94. The summed E-state index contributed by atoms with van der Waals surface area (Å²) in [5.74, 6) is -0.783. The fraction of sp³-hybridized carbons (Fsp3) is 0.133. The highest BCUT2D eigenvalue weighted by atomic mass is 35.5. The van der Waals surface area contributed by atoms with Crippen molar-refractivity contribution in [1.82, 2.24) is 20.3 Å². The molecule has 0 amide bonds. The molecule has 0 spiro atoms. The predicted octanol–water partition coefficient (Wildman–Crippen LogP) is 2.94. The van der Waals surface area contributed by atoms with Crippen molar-refractivity contribution in [3.63, 3.8) is 0 Å². The van der Waals surface area contributed by atoms with E-state index in [1.807, 2.05) is 0 Å². The van der Waals surface area contributed by atoms with E-state index in [1.54, 1.807) is 7.05 Å². The van der Waals surface area contributed by atoms with Crippen LogP contribution in [0.25, 0.3) is 11.3 Å². The Morgan fingerprint density at radius 1 is 1.28 bits per heavy atom. The number of thiazole rings is 1. The SMILES string of the molecule is CNCc1nc(-c2cccnc2F)c(S(=O)(=O)c2ccc(Cl)nc2)s1. The zero-order valence-electron chi connectivity index (χ0n) is 12.9. The van der Waals surface area contributed by atoms with E-state index in [-0.39, 0.29) is 25.5 Å². The lowest BCUT2D eigenvalue weighted by molar-refractivity contribution is 0.586. The molecule has 0 fully saturated rings. The van der Waals surface area contributed by atoms with E-state index in [0.29, 0.717) is 11.6 Å². The number of nitrogens with one attached hydrogen (secondary N) is 1. The first-order valence-electron chi connectivity index (χ1n) is 7.05. The third-order valence-corrected chi connectivity index (χ3v) is 6.76. The van der Waals surface area contributed by atoms with Crippen molar-refractivity contribution < 1.29 is 12.8 Å². The normalized spacial score (nSPS) is 11.6. The highest BCUT2D eigenvalue weighted by Crippen LogP contribution is 2.36. The largest absolute Gasteiger partial charge is 0.314 e. The molecule has 0 unspecified atom stereocenters. The first kappa shape index (κ1) is 17.9. The number of halogens is 2. The monoisotopic (exact) mass is 398 g/mol. The van der Waals surface area contributed by atoms with Crippen LogP contribution in [-0.2, 0) is 16.4 Å². The molecule has 1 N–H and O–H groups in total. The number of hydrogen-bond donors (Lipinski definition) is 1. The summed E-state index contributed by atoms with van der Waals surface area (Å²) in [6.07, 6.45) is 2.45. The second kappa shape index (κ2) is 7.12. The minimum Gasteiger partial charge on any atom is -0.314 e. The van der Waals surface area contributed by atoms with Crippen molar-refractivity contribution in [1.29, 1.82) is 0 Å². The van der Waals surface area contributed by atoms with E-state index in [9.17, 15) is 12.8 Å². The molecule has 0 atom stereocenters. The maximum absolute atomic E-state index is 14.1. The zero-order valence-corrected chi connectivity index (χ0v) is 15.3. The Bertz CT molecular complexity index is 1010. The molecule has 0 aliphatic carbocycles. The molecule has 130 valence electrons. The maximum atomic E-state index is 14.1. The van der Waals surface area contributed by atoms with Gasteiger partial charge in [-0.2, -0.15) is 4.39 Å². The van der Waals surface area contributed by atoms with Crippen LogP contribution in [0.4, 0.5) is 4.39 Å². The van der Waals surface area contributed by atoms with Gasteiger partial charge in [-0.25, -0.2) is 23.4 Å². The van der Waals surface area contributed by atoms with Gasteiger partial charge in [0, 0.05) is 18.9 Å². The molecular formula is C15H12ClFN4O2S2. The van der Waals surface area contributed by atoms with Gasteiger partial charge in [0.15, 0.2) is 4.21 Å². The van der Waals surface area contributed by atoms with E-state index in [0.717, 1.165) is 11.3 Å². The van der Waals surface area contributed by atoms with Crippen LogP contribution < -0.4 is 5.32 Å². The Balaban J connectivity index is 2.21. The smallest absolute Gasteiger partial charge is 0.222 e. The molecule has 0 bridgehead atoms. The first-order chi connectivity index (χ1) is 11.9. The van der Waals surface area contributed by atoms with Crippen molar-refractivity contribution in [3.05, 3.63) is 52.8 Å². The highest BCUT2D eigenvalue weighted by Gasteiger charge is 2.28. The van der Waals surface area contributed by atoms with Crippen LogP contribution in [0.3, 0.4) is 0 Å². The number of rotatable bonds is 5. The topological polar surface area (TPSA) is 84.8 Å². The van der Waals surface area contributed by atoms with Crippen LogP contribution in [0, 0.1) is 5.95 Å². The molecule has 3 rings (SSSR count). The summed E-state index contributed by atoms with van der Waals surface area (Å²) in [5, 5.41) is 3.60. The van der Waals surface area contributed by atoms with Crippen LogP contribution in [-0.4, -0.2) is 30.4 Å². The molecule has 25 heavy (non-hydrogen) atoms. The van der Waals surface area contributed by atoms with Gasteiger partial charge in [-0.1, -0.05) is 11.6 Å². The average molecular weight is 399 g/mol. The summed E-state index contributed by atoms with van der Waals surface area (Å²) in [7, 11) is -2.22. The van der Waals surface area contributed by atoms with Gasteiger partial charge < -0.3 is 5.32 Å². The summed E-state index contributed by atoms with van der Waals surface area (Å²) in [6.45, 7) is 0.355. The Kier molecular flexibility index (Phi) is 5.09. The van der Waals surface area contributed by atoms with Crippen molar-refractivity contribution in [2.24, 2.45) is 0 Å². The molecule has 3 aromatic heterocycles. The Morgan fingerprint density at radius 2 is 2.08 bits per heavy atom. The average Bonchev–Trinajstić information content (AvgIpc) is 3.00. The molecule has 3 aromatic rings. The fourth-order valence-electron chi connectivity index (χ4n) is 2.12. The van der Waals surface area contributed by atoms with Crippen molar-refractivity contribution in [3.8, 4) is 11.3 Å². The summed E-state index contributed by atoms with van der Waals surface area (Å²) in [4.78, 5) is 11.6. The van der Waals surface area contributed by atoms with E-state index < -0.39 is 15.8 Å². The van der Waals surface area contributed by atoms with E-state index in [4.69, 9.17) is 11.6 Å². The quantitative estimate of drug-likeness (QED) is 0.665. The molecule has 0 radical (unpaired) electrons. The number of hydrogen-bond acceptors (Lipinski definition) is 7. The molecular weight excluding hydrogens is 387 g/mol. The number of aromatic nitrogens is 3. The molecule has 0 saturated heterocycles. The second-order valence-corrected chi connectivity index (χ2v) is 8.55. The van der Waals surface area contributed by atoms with Gasteiger partial charge in [-0.05, 0) is 31.3 Å². The lowest BCUT2D eigenvalue weighted by Crippen LogP contribution is -2.04. The minimum absolute atomic E-state index is 0.0293. The third kappa shape index (κ3) is 3.54. The van der Waals surface area contributed by atoms with Gasteiger partial charge in [0.1, 0.15) is 15.9 Å². The molecule has 3 heterocycles.